The van der Waals surface area contributed by atoms with Crippen molar-refractivity contribution in [3.8, 4) is 5.75 Å². The average Bonchev–Trinajstić information content (AvgIpc) is 2.60. The molecule has 0 bridgehead atoms. The molecule has 0 fully saturated rings. The number of hydrogen-bond acceptors (Lipinski definition) is 7. The van der Waals surface area contributed by atoms with Crippen LogP contribution in [0.5, 0.6) is 5.75 Å². The SMILES string of the molecule is CCC(=O)N[C@H]1Cc2cc(F)cc(C(=O)OCOC(=O)C(C)(C)C)c2OB1O. The van der Waals surface area contributed by atoms with E-state index < -0.39 is 43.0 Å². The molecule has 0 saturated carbocycles. The molecule has 0 aliphatic carbocycles. The summed E-state index contributed by atoms with van der Waals surface area (Å²) in [6.45, 7) is 5.94. The summed E-state index contributed by atoms with van der Waals surface area (Å²) in [7, 11) is -1.42. The Morgan fingerprint density at radius 1 is 1.32 bits per heavy atom. The van der Waals surface area contributed by atoms with E-state index in [1.54, 1.807) is 27.7 Å². The number of halogens is 1. The highest BCUT2D eigenvalue weighted by molar-refractivity contribution is 6.47. The molecular formula is C18H23BFNO7. The minimum absolute atomic E-state index is 0.0388. The lowest BCUT2D eigenvalue weighted by Gasteiger charge is -2.29. The molecule has 1 aromatic rings. The third-order valence-electron chi connectivity index (χ3n) is 4.03. The monoisotopic (exact) mass is 395 g/mol. The van der Waals surface area contributed by atoms with E-state index in [0.717, 1.165) is 12.1 Å². The van der Waals surface area contributed by atoms with Gasteiger partial charge in [0.2, 0.25) is 12.7 Å². The predicted octanol–water partition coefficient (Wildman–Crippen LogP) is 1.38. The normalized spacial score (nSPS) is 15.9. The predicted molar refractivity (Wildman–Crippen MR) is 96.8 cm³/mol. The molecule has 1 heterocycles. The molecule has 8 nitrogen and oxygen atoms in total. The summed E-state index contributed by atoms with van der Waals surface area (Å²) in [4.78, 5) is 35.6. The molecular weight excluding hydrogens is 372 g/mol. The standard InChI is InChI=1S/C18H23BFNO7/c1-5-14(22)21-13-7-10-6-11(20)8-12(15(10)28-19(13)25)16(23)26-9-27-17(24)18(2,3)4/h6,8,13,25H,5,7,9H2,1-4H3,(H,21,22)/t13-/m0/s1. The van der Waals surface area contributed by atoms with Crippen molar-refractivity contribution in [2.45, 2.75) is 46.5 Å². The number of carbonyl (C=O) groups excluding carboxylic acids is 3. The number of carbonyl (C=O) groups is 3. The second-order valence-electron chi connectivity index (χ2n) is 7.41. The summed E-state index contributed by atoms with van der Waals surface area (Å²) < 4.78 is 29.1. The molecule has 1 aliphatic heterocycles. The van der Waals surface area contributed by atoms with Crippen LogP contribution in [0.4, 0.5) is 4.39 Å². The molecule has 10 heteroatoms. The fraction of sp³-hybridized carbons (Fsp3) is 0.500. The summed E-state index contributed by atoms with van der Waals surface area (Å²) in [5, 5.41) is 12.7. The van der Waals surface area contributed by atoms with Crippen molar-refractivity contribution in [1.29, 1.82) is 0 Å². The Kier molecular flexibility index (Phi) is 6.66. The van der Waals surface area contributed by atoms with Crippen molar-refractivity contribution in [2.75, 3.05) is 6.79 Å². The lowest BCUT2D eigenvalue weighted by Crippen LogP contribution is -2.53. The van der Waals surface area contributed by atoms with Crippen LogP contribution >= 0.6 is 0 Å². The molecule has 2 N–H and O–H groups in total. The fourth-order valence-corrected chi connectivity index (χ4v) is 2.50. The van der Waals surface area contributed by atoms with Crippen LogP contribution in [-0.2, 0) is 25.5 Å². The van der Waals surface area contributed by atoms with Gasteiger partial charge in [0.15, 0.2) is 0 Å². The van der Waals surface area contributed by atoms with Gasteiger partial charge in [-0.05, 0) is 44.9 Å². The van der Waals surface area contributed by atoms with Gasteiger partial charge in [0.1, 0.15) is 17.1 Å². The van der Waals surface area contributed by atoms with Gasteiger partial charge in [-0.1, -0.05) is 6.92 Å². The van der Waals surface area contributed by atoms with Gasteiger partial charge in [0.05, 0.1) is 11.4 Å². The van der Waals surface area contributed by atoms with Crippen molar-refractivity contribution < 1.29 is 37.9 Å². The fourth-order valence-electron chi connectivity index (χ4n) is 2.50. The van der Waals surface area contributed by atoms with Crippen LogP contribution in [0.25, 0.3) is 0 Å². The molecule has 0 saturated heterocycles. The number of hydrogen-bond donors (Lipinski definition) is 2. The topological polar surface area (TPSA) is 111 Å². The molecule has 1 aromatic carbocycles. The van der Waals surface area contributed by atoms with Crippen molar-refractivity contribution in [3.05, 3.63) is 29.1 Å². The van der Waals surface area contributed by atoms with Gasteiger partial charge in [-0.3, -0.25) is 9.59 Å². The Balaban J connectivity index is 2.14. The Bertz CT molecular complexity index is 778. The van der Waals surface area contributed by atoms with Crippen LogP contribution in [0.15, 0.2) is 12.1 Å². The Labute approximate surface area is 162 Å². The van der Waals surface area contributed by atoms with Gasteiger partial charge >= 0.3 is 19.1 Å². The van der Waals surface area contributed by atoms with E-state index in [0.29, 0.717) is 5.56 Å². The maximum Gasteiger partial charge on any atom is 0.547 e. The first-order chi connectivity index (χ1) is 13.0. The number of amides is 1. The van der Waals surface area contributed by atoms with Crippen molar-refractivity contribution in [3.63, 3.8) is 0 Å². The Hall–Kier alpha value is -2.62. The van der Waals surface area contributed by atoms with Gasteiger partial charge < -0.3 is 24.5 Å². The van der Waals surface area contributed by atoms with E-state index in [9.17, 15) is 23.8 Å². The molecule has 0 unspecified atom stereocenters. The van der Waals surface area contributed by atoms with Crippen LogP contribution in [-0.4, -0.2) is 42.7 Å². The zero-order chi connectivity index (χ0) is 21.1. The van der Waals surface area contributed by atoms with Gasteiger partial charge in [-0.2, -0.15) is 0 Å². The van der Waals surface area contributed by atoms with Crippen molar-refractivity contribution in [1.82, 2.24) is 5.32 Å². The van der Waals surface area contributed by atoms with Gasteiger partial charge in [-0.25, -0.2) is 9.18 Å². The average molecular weight is 395 g/mol. The highest BCUT2D eigenvalue weighted by atomic mass is 19.1. The summed E-state index contributed by atoms with van der Waals surface area (Å²) in [6.07, 6.45) is 0.281. The van der Waals surface area contributed by atoms with E-state index in [2.05, 4.69) is 5.32 Å². The first-order valence-corrected chi connectivity index (χ1v) is 8.83. The largest absolute Gasteiger partial charge is 0.547 e. The molecule has 0 spiro atoms. The van der Waals surface area contributed by atoms with Gasteiger partial charge in [0, 0.05) is 6.42 Å². The van der Waals surface area contributed by atoms with Crippen LogP contribution in [0, 0.1) is 11.2 Å². The van der Waals surface area contributed by atoms with Crippen molar-refractivity contribution in [2.24, 2.45) is 5.41 Å². The lowest BCUT2D eigenvalue weighted by molar-refractivity contribution is -0.161. The van der Waals surface area contributed by atoms with Crippen LogP contribution in [0.1, 0.15) is 50.0 Å². The number of nitrogens with one attached hydrogen (secondary N) is 1. The van der Waals surface area contributed by atoms with Crippen LogP contribution < -0.4 is 9.97 Å². The number of esters is 2. The van der Waals surface area contributed by atoms with Gasteiger partial charge in [-0.15, -0.1) is 0 Å². The number of fused-ring (bicyclic) bond motifs is 1. The van der Waals surface area contributed by atoms with Crippen molar-refractivity contribution >= 4 is 25.0 Å². The number of rotatable bonds is 5. The van der Waals surface area contributed by atoms with E-state index >= 15 is 0 Å². The van der Waals surface area contributed by atoms with E-state index in [-0.39, 0.29) is 30.1 Å². The smallest absolute Gasteiger partial charge is 0.534 e. The second kappa shape index (κ2) is 8.60. The first kappa shape index (κ1) is 21.7. The molecule has 1 amide bonds. The zero-order valence-electron chi connectivity index (χ0n) is 16.2. The molecule has 0 radical (unpaired) electrons. The zero-order valence-corrected chi connectivity index (χ0v) is 16.2. The number of ether oxygens (including phenoxy) is 2. The van der Waals surface area contributed by atoms with E-state index in [1.807, 2.05) is 0 Å². The minimum atomic E-state index is -1.42. The molecule has 152 valence electrons. The van der Waals surface area contributed by atoms with Gasteiger partial charge in [0.25, 0.3) is 0 Å². The maximum atomic E-state index is 14.0. The van der Waals surface area contributed by atoms with Crippen LogP contribution in [0.2, 0.25) is 0 Å². The second-order valence-corrected chi connectivity index (χ2v) is 7.41. The molecule has 1 atom stereocenters. The lowest BCUT2D eigenvalue weighted by atomic mass is 9.72. The third kappa shape index (κ3) is 5.22. The first-order valence-electron chi connectivity index (χ1n) is 8.83. The van der Waals surface area contributed by atoms with E-state index in [4.69, 9.17) is 14.1 Å². The molecule has 2 rings (SSSR count). The van der Waals surface area contributed by atoms with Crippen LogP contribution in [0.3, 0.4) is 0 Å². The van der Waals surface area contributed by atoms with E-state index in [1.165, 1.54) is 0 Å². The third-order valence-corrected chi connectivity index (χ3v) is 4.03. The Morgan fingerprint density at radius 2 is 2.00 bits per heavy atom. The quantitative estimate of drug-likeness (QED) is 0.440. The molecule has 28 heavy (non-hydrogen) atoms. The summed E-state index contributed by atoms with van der Waals surface area (Å²) >= 11 is 0. The Morgan fingerprint density at radius 3 is 2.61 bits per heavy atom. The highest BCUT2D eigenvalue weighted by Crippen LogP contribution is 2.32. The highest BCUT2D eigenvalue weighted by Gasteiger charge is 2.38. The number of benzene rings is 1. The summed E-state index contributed by atoms with van der Waals surface area (Å²) in [6, 6.07) is 2.06. The maximum absolute atomic E-state index is 14.0. The molecule has 0 aromatic heterocycles. The summed E-state index contributed by atoms with van der Waals surface area (Å²) in [5.41, 5.74) is -0.721. The molecule has 1 aliphatic rings. The minimum Gasteiger partial charge on any atom is -0.534 e. The summed E-state index contributed by atoms with van der Waals surface area (Å²) in [5.74, 6) is -3.37.